The zero-order valence-electron chi connectivity index (χ0n) is 26.0. The van der Waals surface area contributed by atoms with Crippen molar-refractivity contribution in [3.8, 4) is 11.5 Å². The number of hydrogen-bond donors (Lipinski definition) is 1. The number of hydrogen-bond acceptors (Lipinski definition) is 10. The molecule has 0 unspecified atom stereocenters. The lowest BCUT2D eigenvalue weighted by Gasteiger charge is -2.44. The molecule has 0 radical (unpaired) electrons. The minimum Gasteiger partial charge on any atom is -0.456 e. The smallest absolute Gasteiger partial charge is 0.300 e. The molecule has 1 aromatic heterocycles. The van der Waals surface area contributed by atoms with Crippen LogP contribution in [0, 0.1) is 10.1 Å². The number of non-ortho nitro benzene ring substituents is 1. The molecule has 1 N–H and O–H groups in total. The Balaban J connectivity index is 1.51. The number of nitrogens with zero attached hydrogens (tertiary/aromatic N) is 6. The third-order valence-corrected chi connectivity index (χ3v) is 9.10. The second-order valence-corrected chi connectivity index (χ2v) is 11.2. The van der Waals surface area contributed by atoms with Gasteiger partial charge < -0.3 is 14.5 Å². The first-order chi connectivity index (χ1) is 22.4. The molecular formula is C34H33N7O5. The Morgan fingerprint density at radius 3 is 1.98 bits per heavy atom. The van der Waals surface area contributed by atoms with Gasteiger partial charge in [0.1, 0.15) is 17.0 Å². The minimum absolute atomic E-state index is 0.0197. The molecule has 0 fully saturated rings. The molecule has 234 valence electrons. The highest BCUT2D eigenvalue weighted by atomic mass is 16.6. The highest BCUT2D eigenvalue weighted by Crippen LogP contribution is 2.58. The first-order valence-electron chi connectivity index (χ1n) is 15.4. The molecule has 0 aliphatic carbocycles. The fourth-order valence-corrected chi connectivity index (χ4v) is 6.88. The van der Waals surface area contributed by atoms with E-state index in [1.54, 1.807) is 5.01 Å². The number of ether oxygens (including phenoxy) is 1. The number of nitrogens with one attached hydrogen (secondary N) is 1. The molecule has 3 heterocycles. The van der Waals surface area contributed by atoms with E-state index in [0.29, 0.717) is 22.7 Å². The predicted molar refractivity (Wildman–Crippen MR) is 175 cm³/mol. The Morgan fingerprint density at radius 1 is 0.804 bits per heavy atom. The van der Waals surface area contributed by atoms with Crippen molar-refractivity contribution in [2.45, 2.75) is 33.2 Å². The molecule has 0 saturated carbocycles. The van der Waals surface area contributed by atoms with Crippen molar-refractivity contribution >= 4 is 39.7 Å². The summed E-state index contributed by atoms with van der Waals surface area (Å²) in [7, 11) is 0. The number of fused-ring (bicyclic) bond motifs is 7. The zero-order chi connectivity index (χ0) is 32.2. The van der Waals surface area contributed by atoms with Crippen molar-refractivity contribution in [2.24, 2.45) is 0 Å². The summed E-state index contributed by atoms with van der Waals surface area (Å²) in [5, 5.41) is 21.1. The summed E-state index contributed by atoms with van der Waals surface area (Å²) in [6, 6.07) is 22.6. The number of aromatic nitrogens is 2. The van der Waals surface area contributed by atoms with Crippen LogP contribution in [0.4, 0.5) is 22.7 Å². The van der Waals surface area contributed by atoms with Crippen molar-refractivity contribution < 1.29 is 19.1 Å². The Morgan fingerprint density at radius 2 is 1.39 bits per heavy atom. The molecule has 1 spiro atoms. The third-order valence-electron chi connectivity index (χ3n) is 9.10. The van der Waals surface area contributed by atoms with Crippen LogP contribution in [-0.4, -0.2) is 52.3 Å². The summed E-state index contributed by atoms with van der Waals surface area (Å²) in [5.41, 5.74) is 7.19. The topological polar surface area (TPSA) is 130 Å². The number of carbonyl (C=O) groups excluding carboxylic acids is 1. The van der Waals surface area contributed by atoms with E-state index in [2.05, 4.69) is 65.4 Å². The molecule has 7 rings (SSSR count). The maximum absolute atomic E-state index is 14.5. The Hall–Kier alpha value is -5.65. The van der Waals surface area contributed by atoms with Gasteiger partial charge in [-0.05, 0) is 62.3 Å². The van der Waals surface area contributed by atoms with Crippen LogP contribution in [0.3, 0.4) is 0 Å². The van der Waals surface area contributed by atoms with E-state index in [1.807, 2.05) is 48.5 Å². The molecular weight excluding hydrogens is 586 g/mol. The van der Waals surface area contributed by atoms with Gasteiger partial charge in [-0.3, -0.25) is 20.3 Å². The molecule has 12 heteroatoms. The number of nitro groups is 1. The number of carbonyl (C=O) groups is 1. The van der Waals surface area contributed by atoms with E-state index in [0.717, 1.165) is 54.2 Å². The van der Waals surface area contributed by atoms with Crippen LogP contribution in [0.25, 0.3) is 11.0 Å². The minimum atomic E-state index is -1.18. The van der Waals surface area contributed by atoms with E-state index in [9.17, 15) is 14.9 Å². The molecule has 0 saturated heterocycles. The number of rotatable bonds is 9. The van der Waals surface area contributed by atoms with E-state index < -0.39 is 10.5 Å². The highest BCUT2D eigenvalue weighted by Gasteiger charge is 2.57. The first-order valence-corrected chi connectivity index (χ1v) is 15.4. The van der Waals surface area contributed by atoms with Crippen LogP contribution in [0.1, 0.15) is 54.7 Å². The molecule has 12 nitrogen and oxygen atoms in total. The molecule has 0 atom stereocenters. The van der Waals surface area contributed by atoms with Crippen LogP contribution in [0.5, 0.6) is 11.5 Å². The van der Waals surface area contributed by atoms with Gasteiger partial charge in [-0.15, -0.1) is 0 Å². The van der Waals surface area contributed by atoms with Crippen molar-refractivity contribution in [3.63, 3.8) is 0 Å². The average molecular weight is 620 g/mol. The number of nitro benzene ring substituents is 1. The zero-order valence-corrected chi connectivity index (χ0v) is 26.0. The maximum atomic E-state index is 14.5. The summed E-state index contributed by atoms with van der Waals surface area (Å²) in [6.45, 7) is 11.7. The molecule has 1 amide bonds. The fraction of sp³-hybridized carbons (Fsp3) is 0.265. The van der Waals surface area contributed by atoms with Crippen molar-refractivity contribution in [1.82, 2.24) is 15.3 Å². The van der Waals surface area contributed by atoms with E-state index >= 15 is 0 Å². The largest absolute Gasteiger partial charge is 0.456 e. The second-order valence-electron chi connectivity index (χ2n) is 11.2. The number of anilines is 3. The molecule has 4 aromatic carbocycles. The Bertz CT molecular complexity index is 1940. The molecule has 46 heavy (non-hydrogen) atoms. The molecule has 2 aliphatic heterocycles. The van der Waals surface area contributed by atoms with Crippen LogP contribution in [0.2, 0.25) is 0 Å². The number of hydrazine groups is 1. The van der Waals surface area contributed by atoms with Crippen LogP contribution in [-0.2, 0) is 5.54 Å². The van der Waals surface area contributed by atoms with E-state index in [4.69, 9.17) is 9.37 Å². The summed E-state index contributed by atoms with van der Waals surface area (Å²) < 4.78 is 11.7. The van der Waals surface area contributed by atoms with Crippen LogP contribution < -0.4 is 20.0 Å². The summed E-state index contributed by atoms with van der Waals surface area (Å²) in [6.07, 6.45) is 0. The van der Waals surface area contributed by atoms with Gasteiger partial charge in [0.2, 0.25) is 5.52 Å². The van der Waals surface area contributed by atoms with Gasteiger partial charge >= 0.3 is 5.69 Å². The average Bonchev–Trinajstić information content (AvgIpc) is 3.65. The van der Waals surface area contributed by atoms with Gasteiger partial charge in [0, 0.05) is 78.0 Å². The van der Waals surface area contributed by atoms with Gasteiger partial charge in [0.05, 0.1) is 10.6 Å². The fourth-order valence-electron chi connectivity index (χ4n) is 6.88. The van der Waals surface area contributed by atoms with Crippen molar-refractivity contribution in [3.05, 3.63) is 105 Å². The molecule has 2 aliphatic rings. The summed E-state index contributed by atoms with van der Waals surface area (Å²) >= 11 is 0. The Kier molecular flexibility index (Phi) is 6.99. The van der Waals surface area contributed by atoms with Crippen molar-refractivity contribution in [1.29, 1.82) is 0 Å². The van der Waals surface area contributed by atoms with Gasteiger partial charge in [-0.2, -0.15) is 0 Å². The standard InChI is InChI=1S/C34H33N7O5/c1-5-38(6-2)21-13-15-25-29(19-21)45-30-20-22(39(7-3)8-4)14-16-26(30)34(25)24-12-10-9-11-23(24)33(42)40(34)35-27-17-18-28(41(43)44)32-31(27)36-46-37-32/h9-20,35H,5-8H2,1-4H3. The normalized spacial score (nSPS) is 14.1. The number of amides is 1. The monoisotopic (exact) mass is 619 g/mol. The van der Waals surface area contributed by atoms with E-state index in [1.165, 1.54) is 12.1 Å². The SMILES string of the molecule is CCN(CC)c1ccc2c(c1)Oc1cc(N(CC)CC)ccc1C21c2ccccc2C(=O)N1Nc1ccc([N+](=O)[O-])c2nonc12. The third kappa shape index (κ3) is 4.09. The molecule has 5 aromatic rings. The molecule has 0 bridgehead atoms. The number of benzene rings is 4. The lowest BCUT2D eigenvalue weighted by atomic mass is 9.75. The summed E-state index contributed by atoms with van der Waals surface area (Å²) in [5.74, 6) is 0.974. The lowest BCUT2D eigenvalue weighted by Crippen LogP contribution is -2.50. The van der Waals surface area contributed by atoms with Gasteiger partial charge in [0.25, 0.3) is 5.91 Å². The predicted octanol–water partition coefficient (Wildman–Crippen LogP) is 6.70. The van der Waals surface area contributed by atoms with Gasteiger partial charge in [-0.1, -0.05) is 30.3 Å². The highest BCUT2D eigenvalue weighted by molar-refractivity contribution is 6.04. The van der Waals surface area contributed by atoms with E-state index in [-0.39, 0.29) is 22.6 Å². The quantitative estimate of drug-likeness (QED) is 0.140. The first kappa shape index (κ1) is 29.1. The second kappa shape index (κ2) is 11.1. The van der Waals surface area contributed by atoms with Crippen LogP contribution >= 0.6 is 0 Å². The van der Waals surface area contributed by atoms with Gasteiger partial charge in [0.15, 0.2) is 5.52 Å². The van der Waals surface area contributed by atoms with Crippen molar-refractivity contribution in [2.75, 3.05) is 41.4 Å². The Labute approximate surface area is 265 Å². The van der Waals surface area contributed by atoms with Gasteiger partial charge in [-0.25, -0.2) is 9.64 Å². The lowest BCUT2D eigenvalue weighted by molar-refractivity contribution is -0.383. The maximum Gasteiger partial charge on any atom is 0.300 e. The van der Waals surface area contributed by atoms with Crippen LogP contribution in [0.15, 0.2) is 77.4 Å². The summed E-state index contributed by atoms with van der Waals surface area (Å²) in [4.78, 5) is 30.2.